The molecule has 18 heavy (non-hydrogen) atoms. The van der Waals surface area contributed by atoms with Crippen molar-refractivity contribution in [1.29, 1.82) is 0 Å². The highest BCUT2D eigenvalue weighted by Gasteiger charge is 2.03. The van der Waals surface area contributed by atoms with Crippen molar-refractivity contribution in [2.24, 2.45) is 0 Å². The van der Waals surface area contributed by atoms with Crippen LogP contribution in [0.3, 0.4) is 0 Å². The van der Waals surface area contributed by atoms with Gasteiger partial charge in [-0.15, -0.1) is 0 Å². The Bertz CT molecular complexity index is 531. The molecule has 0 atom stereocenters. The summed E-state index contributed by atoms with van der Waals surface area (Å²) in [5, 5.41) is 12.9. The number of nitrogens with zero attached hydrogens (tertiary/aromatic N) is 2. The van der Waals surface area contributed by atoms with Gasteiger partial charge < -0.3 is 9.84 Å². The molecule has 0 radical (unpaired) electrons. The first-order chi connectivity index (χ1) is 8.69. The fourth-order valence-corrected chi connectivity index (χ4v) is 1.51. The van der Waals surface area contributed by atoms with Crippen LogP contribution in [0.1, 0.15) is 22.8 Å². The highest BCUT2D eigenvalue weighted by atomic mass is 16.5. The SMILES string of the molecule is CCn1cc(COc2ccc(C(=O)O)cc2)cn1. The molecule has 1 N–H and O–H groups in total. The first-order valence-corrected chi connectivity index (χ1v) is 5.66. The van der Waals surface area contributed by atoms with E-state index in [9.17, 15) is 4.79 Å². The van der Waals surface area contributed by atoms with Crippen molar-refractivity contribution in [1.82, 2.24) is 9.78 Å². The maximum absolute atomic E-state index is 10.7. The van der Waals surface area contributed by atoms with Crippen LogP contribution in [0.25, 0.3) is 0 Å². The standard InChI is InChI=1S/C13H14N2O3/c1-2-15-8-10(7-14-15)9-18-12-5-3-11(4-6-12)13(16)17/h3-8H,2,9H2,1H3,(H,16,17). The largest absolute Gasteiger partial charge is 0.489 e. The van der Waals surface area contributed by atoms with Crippen molar-refractivity contribution >= 4 is 5.97 Å². The molecule has 1 aromatic carbocycles. The normalized spacial score (nSPS) is 10.3. The molecule has 2 aromatic rings. The van der Waals surface area contributed by atoms with Crippen LogP contribution in [0.15, 0.2) is 36.7 Å². The molecular weight excluding hydrogens is 232 g/mol. The van der Waals surface area contributed by atoms with E-state index in [-0.39, 0.29) is 5.56 Å². The van der Waals surface area contributed by atoms with Crippen molar-refractivity contribution in [3.63, 3.8) is 0 Å². The minimum atomic E-state index is -0.939. The quantitative estimate of drug-likeness (QED) is 0.878. The number of benzene rings is 1. The van der Waals surface area contributed by atoms with Gasteiger partial charge in [0, 0.05) is 18.3 Å². The van der Waals surface area contributed by atoms with Gasteiger partial charge in [0.15, 0.2) is 0 Å². The molecule has 0 bridgehead atoms. The van der Waals surface area contributed by atoms with Gasteiger partial charge in [-0.2, -0.15) is 5.10 Å². The van der Waals surface area contributed by atoms with E-state index in [1.807, 2.05) is 17.8 Å². The van der Waals surface area contributed by atoms with Crippen LogP contribution in [0.4, 0.5) is 0 Å². The molecule has 0 fully saturated rings. The van der Waals surface area contributed by atoms with Crippen molar-refractivity contribution in [3.8, 4) is 5.75 Å². The summed E-state index contributed by atoms with van der Waals surface area (Å²) >= 11 is 0. The van der Waals surface area contributed by atoms with Gasteiger partial charge in [-0.05, 0) is 31.2 Å². The smallest absolute Gasteiger partial charge is 0.335 e. The van der Waals surface area contributed by atoms with Gasteiger partial charge in [0.2, 0.25) is 0 Å². The van der Waals surface area contributed by atoms with Gasteiger partial charge in [-0.3, -0.25) is 4.68 Å². The molecule has 5 nitrogen and oxygen atoms in total. The zero-order valence-corrected chi connectivity index (χ0v) is 10.0. The molecule has 2 rings (SSSR count). The van der Waals surface area contributed by atoms with Gasteiger partial charge in [0.05, 0.1) is 11.8 Å². The second-order valence-electron chi connectivity index (χ2n) is 3.82. The summed E-state index contributed by atoms with van der Waals surface area (Å²) in [7, 11) is 0. The summed E-state index contributed by atoms with van der Waals surface area (Å²) in [6, 6.07) is 6.33. The third-order valence-electron chi connectivity index (χ3n) is 2.52. The van der Waals surface area contributed by atoms with Crippen molar-refractivity contribution in [2.45, 2.75) is 20.1 Å². The number of aromatic carboxylic acids is 1. The summed E-state index contributed by atoms with van der Waals surface area (Å²) < 4.78 is 7.36. The molecule has 0 spiro atoms. The number of hydrogen-bond acceptors (Lipinski definition) is 3. The van der Waals surface area contributed by atoms with E-state index in [2.05, 4.69) is 5.10 Å². The molecule has 0 aliphatic heterocycles. The third kappa shape index (κ3) is 2.88. The van der Waals surface area contributed by atoms with E-state index >= 15 is 0 Å². The van der Waals surface area contributed by atoms with Crippen LogP contribution in [0.2, 0.25) is 0 Å². The molecular formula is C13H14N2O3. The Morgan fingerprint density at radius 3 is 2.67 bits per heavy atom. The average molecular weight is 246 g/mol. The lowest BCUT2D eigenvalue weighted by Crippen LogP contribution is -1.97. The fraction of sp³-hybridized carbons (Fsp3) is 0.231. The van der Waals surface area contributed by atoms with E-state index in [4.69, 9.17) is 9.84 Å². The van der Waals surface area contributed by atoms with Gasteiger partial charge in [0.1, 0.15) is 12.4 Å². The number of ether oxygens (including phenoxy) is 1. The van der Waals surface area contributed by atoms with Crippen LogP contribution >= 0.6 is 0 Å². The van der Waals surface area contributed by atoms with E-state index in [1.165, 1.54) is 12.1 Å². The predicted molar refractivity (Wildman–Crippen MR) is 65.6 cm³/mol. The summed E-state index contributed by atoms with van der Waals surface area (Å²) in [5.74, 6) is -0.296. The summed E-state index contributed by atoms with van der Waals surface area (Å²) in [6.45, 7) is 3.27. The second-order valence-corrected chi connectivity index (χ2v) is 3.82. The Kier molecular flexibility index (Phi) is 3.62. The van der Waals surface area contributed by atoms with Crippen molar-refractivity contribution < 1.29 is 14.6 Å². The lowest BCUT2D eigenvalue weighted by Gasteiger charge is -2.04. The number of aryl methyl sites for hydroxylation is 1. The predicted octanol–water partition coefficient (Wildman–Crippen LogP) is 2.18. The Labute approximate surface area is 105 Å². The lowest BCUT2D eigenvalue weighted by atomic mass is 10.2. The molecule has 0 saturated carbocycles. The molecule has 0 aliphatic carbocycles. The van der Waals surface area contributed by atoms with Crippen LogP contribution in [-0.4, -0.2) is 20.9 Å². The zero-order valence-electron chi connectivity index (χ0n) is 10.0. The van der Waals surface area contributed by atoms with Crippen LogP contribution < -0.4 is 4.74 Å². The molecule has 0 unspecified atom stereocenters. The fourth-order valence-electron chi connectivity index (χ4n) is 1.51. The maximum Gasteiger partial charge on any atom is 0.335 e. The van der Waals surface area contributed by atoms with Crippen molar-refractivity contribution in [2.75, 3.05) is 0 Å². The minimum absolute atomic E-state index is 0.251. The lowest BCUT2D eigenvalue weighted by molar-refractivity contribution is 0.0697. The molecule has 0 aliphatic rings. The van der Waals surface area contributed by atoms with Crippen molar-refractivity contribution in [3.05, 3.63) is 47.8 Å². The molecule has 1 aromatic heterocycles. The molecule has 0 amide bonds. The highest BCUT2D eigenvalue weighted by Crippen LogP contribution is 2.14. The Morgan fingerprint density at radius 2 is 2.11 bits per heavy atom. The second kappa shape index (κ2) is 5.35. The van der Waals surface area contributed by atoms with Crippen LogP contribution in [0, 0.1) is 0 Å². The number of carboxylic acids is 1. The number of carbonyl (C=O) groups is 1. The van der Waals surface area contributed by atoms with Gasteiger partial charge >= 0.3 is 5.97 Å². The number of carboxylic acid groups (broad SMARTS) is 1. The van der Waals surface area contributed by atoms with E-state index in [0.717, 1.165) is 12.1 Å². The number of aromatic nitrogens is 2. The first kappa shape index (κ1) is 12.2. The van der Waals surface area contributed by atoms with E-state index in [0.29, 0.717) is 12.4 Å². The topological polar surface area (TPSA) is 64.3 Å². The number of hydrogen-bond donors (Lipinski definition) is 1. The first-order valence-electron chi connectivity index (χ1n) is 5.66. The Hall–Kier alpha value is -2.30. The highest BCUT2D eigenvalue weighted by molar-refractivity contribution is 5.87. The minimum Gasteiger partial charge on any atom is -0.489 e. The molecule has 94 valence electrons. The maximum atomic E-state index is 10.7. The summed E-state index contributed by atoms with van der Waals surface area (Å²) in [4.78, 5) is 10.7. The van der Waals surface area contributed by atoms with E-state index < -0.39 is 5.97 Å². The summed E-state index contributed by atoms with van der Waals surface area (Å²) in [6.07, 6.45) is 3.68. The number of rotatable bonds is 5. The van der Waals surface area contributed by atoms with E-state index in [1.54, 1.807) is 18.3 Å². The monoisotopic (exact) mass is 246 g/mol. The van der Waals surface area contributed by atoms with Crippen LogP contribution in [0.5, 0.6) is 5.75 Å². The molecule has 0 saturated heterocycles. The van der Waals surface area contributed by atoms with Gasteiger partial charge in [-0.25, -0.2) is 4.79 Å². The third-order valence-corrected chi connectivity index (χ3v) is 2.52. The van der Waals surface area contributed by atoms with Gasteiger partial charge in [-0.1, -0.05) is 0 Å². The molecule has 5 heteroatoms. The summed E-state index contributed by atoms with van der Waals surface area (Å²) in [5.41, 5.74) is 1.24. The Morgan fingerprint density at radius 1 is 1.39 bits per heavy atom. The molecule has 1 heterocycles. The van der Waals surface area contributed by atoms with Gasteiger partial charge in [0.25, 0.3) is 0 Å². The zero-order chi connectivity index (χ0) is 13.0. The average Bonchev–Trinajstić information content (AvgIpc) is 2.85. The Balaban J connectivity index is 1.95. The van der Waals surface area contributed by atoms with Crippen LogP contribution in [-0.2, 0) is 13.2 Å².